The zero-order chi connectivity index (χ0) is 15.4. The van der Waals surface area contributed by atoms with Crippen molar-refractivity contribution in [1.82, 2.24) is 10.6 Å². The second-order valence-electron chi connectivity index (χ2n) is 4.94. The largest absolute Gasteiger partial charge is 0.459 e. The molecule has 0 saturated heterocycles. The first-order chi connectivity index (χ1) is 10.7. The van der Waals surface area contributed by atoms with Crippen LogP contribution >= 0.6 is 11.8 Å². The van der Waals surface area contributed by atoms with Crippen LogP contribution in [0.4, 0.5) is 0 Å². The van der Waals surface area contributed by atoms with Gasteiger partial charge in [0.2, 0.25) is 5.91 Å². The van der Waals surface area contributed by atoms with Gasteiger partial charge < -0.3 is 15.1 Å². The molecule has 1 aliphatic heterocycles. The molecule has 6 heteroatoms. The van der Waals surface area contributed by atoms with Gasteiger partial charge in [-0.2, -0.15) is 0 Å². The number of hydrogen-bond donors (Lipinski definition) is 2. The van der Waals surface area contributed by atoms with E-state index in [2.05, 4.69) is 16.7 Å². The van der Waals surface area contributed by atoms with Crippen LogP contribution in [-0.4, -0.2) is 30.2 Å². The predicted octanol–water partition coefficient (Wildman–Crippen LogP) is 1.84. The van der Waals surface area contributed by atoms with E-state index in [0.717, 1.165) is 6.42 Å². The molecule has 1 aromatic carbocycles. The molecule has 0 radical (unpaired) electrons. The van der Waals surface area contributed by atoms with E-state index in [-0.39, 0.29) is 22.8 Å². The summed E-state index contributed by atoms with van der Waals surface area (Å²) in [5.41, 5.74) is 1.22. The number of furan rings is 1. The predicted molar refractivity (Wildman–Crippen MR) is 83.8 cm³/mol. The highest BCUT2D eigenvalue weighted by molar-refractivity contribution is 8.01. The molecule has 5 nitrogen and oxygen atoms in total. The molecule has 0 saturated carbocycles. The molecule has 1 aromatic heterocycles. The lowest BCUT2D eigenvalue weighted by Gasteiger charge is -2.10. The number of thioether (sulfide) groups is 1. The van der Waals surface area contributed by atoms with Crippen molar-refractivity contribution in [1.29, 1.82) is 0 Å². The van der Waals surface area contributed by atoms with Gasteiger partial charge >= 0.3 is 0 Å². The van der Waals surface area contributed by atoms with Gasteiger partial charge in [-0.05, 0) is 30.2 Å². The van der Waals surface area contributed by atoms with Crippen molar-refractivity contribution in [3.05, 3.63) is 54.0 Å². The van der Waals surface area contributed by atoms with E-state index < -0.39 is 0 Å². The second kappa shape index (κ2) is 6.70. The third-order valence-corrected chi connectivity index (χ3v) is 4.71. The average molecular weight is 316 g/mol. The molecule has 1 aliphatic rings. The van der Waals surface area contributed by atoms with Gasteiger partial charge in [0.15, 0.2) is 5.76 Å². The standard InChI is InChI=1S/C16H16N2O3S/c19-15(12-5-3-9-21-12)17-7-8-18-16(20)14-10-11-4-1-2-6-13(11)22-14/h1-6,9,14H,7-8,10H2,(H,17,19)(H,18,20)/t14-/m1/s1. The smallest absolute Gasteiger partial charge is 0.287 e. The first-order valence-corrected chi connectivity index (χ1v) is 7.96. The number of carbonyl (C=O) groups is 2. The minimum absolute atomic E-state index is 0.00782. The van der Waals surface area contributed by atoms with E-state index in [9.17, 15) is 9.59 Å². The van der Waals surface area contributed by atoms with E-state index in [4.69, 9.17) is 4.42 Å². The minimum atomic E-state index is -0.276. The molecule has 0 unspecified atom stereocenters. The molecule has 1 atom stereocenters. The van der Waals surface area contributed by atoms with Crippen LogP contribution in [0, 0.1) is 0 Å². The number of fused-ring (bicyclic) bond motifs is 1. The van der Waals surface area contributed by atoms with E-state index in [1.807, 2.05) is 18.2 Å². The van der Waals surface area contributed by atoms with E-state index in [1.165, 1.54) is 16.7 Å². The third-order valence-electron chi connectivity index (χ3n) is 3.39. The average Bonchev–Trinajstić information content (AvgIpc) is 3.19. The van der Waals surface area contributed by atoms with Crippen LogP contribution in [0.25, 0.3) is 0 Å². The van der Waals surface area contributed by atoms with Crippen molar-refractivity contribution < 1.29 is 14.0 Å². The fourth-order valence-electron chi connectivity index (χ4n) is 2.30. The molecular weight excluding hydrogens is 300 g/mol. The van der Waals surface area contributed by atoms with Crippen molar-refractivity contribution in [2.75, 3.05) is 13.1 Å². The number of amides is 2. The van der Waals surface area contributed by atoms with Crippen LogP contribution in [0.3, 0.4) is 0 Å². The summed E-state index contributed by atoms with van der Waals surface area (Å²) in [6, 6.07) is 11.3. The van der Waals surface area contributed by atoms with Crippen molar-refractivity contribution in [3.8, 4) is 0 Å². The summed E-state index contributed by atoms with van der Waals surface area (Å²) in [7, 11) is 0. The Bertz CT molecular complexity index is 645. The lowest BCUT2D eigenvalue weighted by Crippen LogP contribution is -2.38. The Kier molecular flexibility index (Phi) is 4.48. The van der Waals surface area contributed by atoms with Crippen LogP contribution in [0.2, 0.25) is 0 Å². The van der Waals surface area contributed by atoms with Crippen molar-refractivity contribution in [2.24, 2.45) is 0 Å². The normalized spacial score (nSPS) is 16.1. The molecule has 3 rings (SSSR count). The quantitative estimate of drug-likeness (QED) is 0.826. The number of hydrogen-bond acceptors (Lipinski definition) is 4. The zero-order valence-electron chi connectivity index (χ0n) is 11.9. The summed E-state index contributed by atoms with van der Waals surface area (Å²) in [4.78, 5) is 24.9. The number of benzene rings is 1. The van der Waals surface area contributed by atoms with Crippen LogP contribution in [0.5, 0.6) is 0 Å². The van der Waals surface area contributed by atoms with Crippen LogP contribution in [0.1, 0.15) is 16.1 Å². The van der Waals surface area contributed by atoms with Gasteiger partial charge in [0.05, 0.1) is 11.5 Å². The first-order valence-electron chi connectivity index (χ1n) is 7.08. The van der Waals surface area contributed by atoms with Crippen LogP contribution in [0.15, 0.2) is 52.0 Å². The van der Waals surface area contributed by atoms with Gasteiger partial charge in [0.1, 0.15) is 0 Å². The maximum Gasteiger partial charge on any atom is 0.287 e. The number of nitrogens with one attached hydrogen (secondary N) is 2. The molecular formula is C16H16N2O3S. The van der Waals surface area contributed by atoms with Gasteiger partial charge in [-0.15, -0.1) is 11.8 Å². The summed E-state index contributed by atoms with van der Waals surface area (Å²) in [5, 5.41) is 5.46. The van der Waals surface area contributed by atoms with Crippen molar-refractivity contribution in [2.45, 2.75) is 16.6 Å². The Labute approximate surface area is 132 Å². The molecule has 0 fully saturated rings. The highest BCUT2D eigenvalue weighted by atomic mass is 32.2. The summed E-state index contributed by atoms with van der Waals surface area (Å²) in [5.74, 6) is 0.00321. The van der Waals surface area contributed by atoms with Gasteiger partial charge in [0, 0.05) is 18.0 Å². The summed E-state index contributed by atoms with van der Waals surface area (Å²) >= 11 is 1.59. The Balaban J connectivity index is 1.40. The maximum atomic E-state index is 12.1. The number of carbonyl (C=O) groups excluding carboxylic acids is 2. The molecule has 0 spiro atoms. The molecule has 2 amide bonds. The topological polar surface area (TPSA) is 71.3 Å². The van der Waals surface area contributed by atoms with Crippen LogP contribution < -0.4 is 10.6 Å². The first kappa shape index (κ1) is 14.7. The third kappa shape index (κ3) is 3.33. The fourth-order valence-corrected chi connectivity index (χ4v) is 3.52. The molecule has 0 bridgehead atoms. The monoisotopic (exact) mass is 316 g/mol. The van der Waals surface area contributed by atoms with E-state index >= 15 is 0 Å². The Morgan fingerprint density at radius 1 is 1.14 bits per heavy atom. The second-order valence-corrected chi connectivity index (χ2v) is 6.19. The van der Waals surface area contributed by atoms with Gasteiger partial charge in [-0.1, -0.05) is 18.2 Å². The highest BCUT2D eigenvalue weighted by Gasteiger charge is 2.27. The van der Waals surface area contributed by atoms with E-state index in [1.54, 1.807) is 23.9 Å². The van der Waals surface area contributed by atoms with Gasteiger partial charge in [0.25, 0.3) is 5.91 Å². The Morgan fingerprint density at radius 2 is 1.95 bits per heavy atom. The van der Waals surface area contributed by atoms with Crippen molar-refractivity contribution >= 4 is 23.6 Å². The summed E-state index contributed by atoms with van der Waals surface area (Å²) in [6.07, 6.45) is 2.21. The summed E-state index contributed by atoms with van der Waals surface area (Å²) in [6.45, 7) is 0.772. The molecule has 114 valence electrons. The molecule has 2 aromatic rings. The number of rotatable bonds is 5. The lowest BCUT2D eigenvalue weighted by atomic mass is 10.1. The molecule has 0 aliphatic carbocycles. The summed E-state index contributed by atoms with van der Waals surface area (Å²) < 4.78 is 4.99. The molecule has 2 N–H and O–H groups in total. The highest BCUT2D eigenvalue weighted by Crippen LogP contribution is 2.36. The zero-order valence-corrected chi connectivity index (χ0v) is 12.7. The Hall–Kier alpha value is -2.21. The lowest BCUT2D eigenvalue weighted by molar-refractivity contribution is -0.120. The van der Waals surface area contributed by atoms with Crippen molar-refractivity contribution in [3.63, 3.8) is 0 Å². The van der Waals surface area contributed by atoms with Crippen LogP contribution in [-0.2, 0) is 11.2 Å². The molecule has 22 heavy (non-hydrogen) atoms. The fraction of sp³-hybridized carbons (Fsp3) is 0.250. The molecule has 2 heterocycles. The van der Waals surface area contributed by atoms with E-state index in [0.29, 0.717) is 13.1 Å². The SMILES string of the molecule is O=C(NCCNC(=O)[C@H]1Cc2ccccc2S1)c1ccco1. The minimum Gasteiger partial charge on any atom is -0.459 e. The van der Waals surface area contributed by atoms with Gasteiger partial charge in [-0.25, -0.2) is 0 Å². The maximum absolute atomic E-state index is 12.1. The van der Waals surface area contributed by atoms with Gasteiger partial charge in [-0.3, -0.25) is 9.59 Å². The Morgan fingerprint density at radius 3 is 2.73 bits per heavy atom.